The number of aromatic amines is 1. The summed E-state index contributed by atoms with van der Waals surface area (Å²) in [7, 11) is 5.05. The molecule has 0 spiro atoms. The van der Waals surface area contributed by atoms with Crippen LogP contribution < -0.4 is 14.8 Å². The van der Waals surface area contributed by atoms with E-state index in [1.54, 1.807) is 24.9 Å². The first-order valence-corrected chi connectivity index (χ1v) is 9.83. The number of benzene rings is 1. The van der Waals surface area contributed by atoms with Crippen LogP contribution in [0.15, 0.2) is 23.6 Å². The molecule has 2 aromatic heterocycles. The van der Waals surface area contributed by atoms with Crippen LogP contribution in [0.4, 0.5) is 5.13 Å². The van der Waals surface area contributed by atoms with Crippen molar-refractivity contribution in [1.82, 2.24) is 19.7 Å². The molecule has 1 amide bonds. The van der Waals surface area contributed by atoms with Crippen LogP contribution in [0, 0.1) is 4.77 Å². The molecular formula is C18H21N5O3S2. The topological polar surface area (TPSA) is 94.1 Å². The Morgan fingerprint density at radius 1 is 1.29 bits per heavy atom. The highest BCUT2D eigenvalue weighted by molar-refractivity contribution is 7.71. The molecule has 2 heterocycles. The summed E-state index contributed by atoms with van der Waals surface area (Å²) in [6.07, 6.45) is 1.45. The van der Waals surface area contributed by atoms with Crippen molar-refractivity contribution in [3.63, 3.8) is 0 Å². The lowest BCUT2D eigenvalue weighted by atomic mass is 10.1. The summed E-state index contributed by atoms with van der Waals surface area (Å²) >= 11 is 6.50. The lowest BCUT2D eigenvalue weighted by Crippen LogP contribution is -2.12. The van der Waals surface area contributed by atoms with Crippen LogP contribution in [0.1, 0.15) is 23.5 Å². The summed E-state index contributed by atoms with van der Waals surface area (Å²) in [5.74, 6) is 2.10. The molecule has 0 unspecified atom stereocenters. The molecule has 3 aromatic rings. The Labute approximate surface area is 171 Å². The van der Waals surface area contributed by atoms with Crippen LogP contribution in [-0.4, -0.2) is 39.9 Å². The Morgan fingerprint density at radius 2 is 2.00 bits per heavy atom. The van der Waals surface area contributed by atoms with Gasteiger partial charge in [-0.25, -0.2) is 4.98 Å². The largest absolute Gasteiger partial charge is 0.497 e. The summed E-state index contributed by atoms with van der Waals surface area (Å²) in [5, 5.41) is 12.2. The molecule has 148 valence electrons. The third kappa shape index (κ3) is 4.96. The molecule has 0 aliphatic rings. The first-order valence-electron chi connectivity index (χ1n) is 8.55. The summed E-state index contributed by atoms with van der Waals surface area (Å²) in [6.45, 7) is 0. The number of H-pyrrole nitrogens is 1. The number of carbonyl (C=O) groups excluding carboxylic acids is 1. The number of aryl methyl sites for hydroxylation is 1. The van der Waals surface area contributed by atoms with E-state index in [0.717, 1.165) is 17.1 Å². The molecule has 0 bridgehead atoms. The molecule has 3 rings (SSSR count). The van der Waals surface area contributed by atoms with Crippen molar-refractivity contribution in [2.75, 3.05) is 19.5 Å². The highest BCUT2D eigenvalue weighted by Gasteiger charge is 2.11. The van der Waals surface area contributed by atoms with Crippen molar-refractivity contribution in [3.05, 3.63) is 45.4 Å². The number of carbonyl (C=O) groups is 1. The zero-order chi connectivity index (χ0) is 20.1. The predicted molar refractivity (Wildman–Crippen MR) is 110 cm³/mol. The normalized spacial score (nSPS) is 10.7. The van der Waals surface area contributed by atoms with Gasteiger partial charge in [-0.3, -0.25) is 9.89 Å². The number of amides is 1. The number of hydrogen-bond donors (Lipinski definition) is 2. The minimum absolute atomic E-state index is 0.0964. The number of hydrogen-bond acceptors (Lipinski definition) is 7. The second kappa shape index (κ2) is 8.98. The monoisotopic (exact) mass is 419 g/mol. The number of methoxy groups -OCH3 is 2. The predicted octanol–water partition coefficient (Wildman–Crippen LogP) is 3.11. The highest BCUT2D eigenvalue weighted by Crippen LogP contribution is 2.23. The molecular weight excluding hydrogens is 398 g/mol. The maximum Gasteiger partial charge on any atom is 0.226 e. The van der Waals surface area contributed by atoms with E-state index in [1.807, 2.05) is 24.6 Å². The van der Waals surface area contributed by atoms with Gasteiger partial charge in [-0.1, -0.05) is 0 Å². The third-order valence-electron chi connectivity index (χ3n) is 4.16. The lowest BCUT2D eigenvalue weighted by Gasteiger charge is -2.08. The minimum atomic E-state index is -0.0964. The fraction of sp³-hybridized carbons (Fsp3) is 0.333. The number of rotatable bonds is 8. The second-order valence-corrected chi connectivity index (χ2v) is 7.34. The number of nitrogens with zero attached hydrogens (tertiary/aromatic N) is 3. The molecule has 0 radical (unpaired) electrons. The molecule has 0 fully saturated rings. The standard InChI is InChI=1S/C18H21N5O3S2/c1-23-15(21-22-18(23)27)8-12-10-28-17(19-12)20-16(24)5-4-11-6-13(25-2)9-14(7-11)26-3/h6-7,9-10H,4-5,8H2,1-3H3,(H,22,27)(H,19,20,24). The van der Waals surface area contributed by atoms with Crippen LogP contribution >= 0.6 is 23.6 Å². The van der Waals surface area contributed by atoms with E-state index in [2.05, 4.69) is 20.5 Å². The molecule has 0 aliphatic carbocycles. The third-order valence-corrected chi connectivity index (χ3v) is 5.33. The van der Waals surface area contributed by atoms with E-state index in [-0.39, 0.29) is 5.91 Å². The summed E-state index contributed by atoms with van der Waals surface area (Å²) in [5.41, 5.74) is 1.80. The average Bonchev–Trinajstić information content (AvgIpc) is 3.27. The van der Waals surface area contributed by atoms with Crippen molar-refractivity contribution < 1.29 is 14.3 Å². The summed E-state index contributed by atoms with van der Waals surface area (Å²) in [4.78, 5) is 16.7. The lowest BCUT2D eigenvalue weighted by molar-refractivity contribution is -0.116. The van der Waals surface area contributed by atoms with Gasteiger partial charge in [0.25, 0.3) is 0 Å². The van der Waals surface area contributed by atoms with Crippen LogP contribution in [0.3, 0.4) is 0 Å². The van der Waals surface area contributed by atoms with Gasteiger partial charge in [0.1, 0.15) is 17.3 Å². The first-order chi connectivity index (χ1) is 13.5. The summed E-state index contributed by atoms with van der Waals surface area (Å²) < 4.78 is 12.9. The first kappa shape index (κ1) is 20.0. The molecule has 0 aliphatic heterocycles. The fourth-order valence-electron chi connectivity index (χ4n) is 2.60. The Hall–Kier alpha value is -2.72. The minimum Gasteiger partial charge on any atom is -0.497 e. The SMILES string of the molecule is COc1cc(CCC(=O)Nc2nc(Cc3n[nH]c(=S)n3C)cs2)cc(OC)c1. The van der Waals surface area contributed by atoms with Crippen LogP contribution in [-0.2, 0) is 24.7 Å². The molecule has 0 saturated heterocycles. The smallest absolute Gasteiger partial charge is 0.226 e. The van der Waals surface area contributed by atoms with Gasteiger partial charge in [-0.15, -0.1) is 11.3 Å². The van der Waals surface area contributed by atoms with Crippen LogP contribution in [0.2, 0.25) is 0 Å². The molecule has 1 aromatic carbocycles. The number of anilines is 1. The van der Waals surface area contributed by atoms with E-state index >= 15 is 0 Å². The van der Waals surface area contributed by atoms with Gasteiger partial charge in [0.2, 0.25) is 5.91 Å². The Balaban J connectivity index is 1.56. The molecule has 2 N–H and O–H groups in total. The number of nitrogens with one attached hydrogen (secondary N) is 2. The fourth-order valence-corrected chi connectivity index (χ4v) is 3.47. The van der Waals surface area contributed by atoms with Crippen molar-refractivity contribution in [1.29, 1.82) is 0 Å². The van der Waals surface area contributed by atoms with E-state index in [4.69, 9.17) is 21.7 Å². The average molecular weight is 420 g/mol. The van der Waals surface area contributed by atoms with Gasteiger partial charge in [0, 0.05) is 24.9 Å². The zero-order valence-corrected chi connectivity index (χ0v) is 17.4. The number of aromatic nitrogens is 4. The number of thiazole rings is 1. The van der Waals surface area contributed by atoms with Crippen LogP contribution in [0.25, 0.3) is 0 Å². The van der Waals surface area contributed by atoms with E-state index in [0.29, 0.717) is 40.7 Å². The Morgan fingerprint density at radius 3 is 2.61 bits per heavy atom. The van der Waals surface area contributed by atoms with Crippen LogP contribution in [0.5, 0.6) is 11.5 Å². The van der Waals surface area contributed by atoms with Crippen molar-refractivity contribution in [2.45, 2.75) is 19.3 Å². The Bertz CT molecular complexity index is 1000. The van der Waals surface area contributed by atoms with E-state index < -0.39 is 0 Å². The second-order valence-electron chi connectivity index (χ2n) is 6.09. The maximum absolute atomic E-state index is 12.3. The van der Waals surface area contributed by atoms with E-state index in [9.17, 15) is 4.79 Å². The molecule has 0 atom stereocenters. The van der Waals surface area contributed by atoms with Crippen molar-refractivity contribution in [2.24, 2.45) is 7.05 Å². The highest BCUT2D eigenvalue weighted by atomic mass is 32.1. The van der Waals surface area contributed by atoms with Gasteiger partial charge in [-0.2, -0.15) is 5.10 Å². The zero-order valence-electron chi connectivity index (χ0n) is 15.8. The van der Waals surface area contributed by atoms with E-state index in [1.165, 1.54) is 11.3 Å². The molecule has 0 saturated carbocycles. The van der Waals surface area contributed by atoms with Gasteiger partial charge >= 0.3 is 0 Å². The maximum atomic E-state index is 12.3. The van der Waals surface area contributed by atoms with Crippen molar-refractivity contribution >= 4 is 34.6 Å². The van der Waals surface area contributed by atoms with Crippen molar-refractivity contribution in [3.8, 4) is 11.5 Å². The summed E-state index contributed by atoms with van der Waals surface area (Å²) in [6, 6.07) is 5.60. The molecule has 8 nitrogen and oxygen atoms in total. The van der Waals surface area contributed by atoms with Gasteiger partial charge in [0.15, 0.2) is 9.90 Å². The van der Waals surface area contributed by atoms with Gasteiger partial charge in [0.05, 0.1) is 26.3 Å². The molecule has 10 heteroatoms. The molecule has 28 heavy (non-hydrogen) atoms. The van der Waals surface area contributed by atoms with Gasteiger partial charge in [-0.05, 0) is 36.3 Å². The quantitative estimate of drug-likeness (QED) is 0.545. The number of ether oxygens (including phenoxy) is 2. The Kier molecular flexibility index (Phi) is 6.42. The van der Waals surface area contributed by atoms with Gasteiger partial charge < -0.3 is 19.4 Å².